The maximum atomic E-state index is 12.2. The zero-order valence-electron chi connectivity index (χ0n) is 14.1. The largest absolute Gasteiger partial charge is 0.309 e. The number of aromatic nitrogens is 6. The first-order valence-corrected chi connectivity index (χ1v) is 7.60. The number of aryl methyl sites for hydroxylation is 2. The molecule has 0 fully saturated rings. The van der Waals surface area contributed by atoms with Gasteiger partial charge in [-0.2, -0.15) is 0 Å². The SMILES string of the molecule is Cc1ncn(CC(=O)Nc2cc(-n3ccnc3C)ncn2)c(=O)c1C. The minimum absolute atomic E-state index is 0.142. The zero-order valence-corrected chi connectivity index (χ0v) is 14.1. The summed E-state index contributed by atoms with van der Waals surface area (Å²) in [5, 5.41) is 2.66. The summed E-state index contributed by atoms with van der Waals surface area (Å²) < 4.78 is 3.04. The molecule has 0 saturated heterocycles. The molecular weight excluding hydrogens is 322 g/mol. The highest BCUT2D eigenvalue weighted by atomic mass is 16.2. The van der Waals surface area contributed by atoms with Crippen molar-refractivity contribution in [2.24, 2.45) is 0 Å². The van der Waals surface area contributed by atoms with Gasteiger partial charge in [-0.1, -0.05) is 0 Å². The molecule has 25 heavy (non-hydrogen) atoms. The molecule has 0 spiro atoms. The van der Waals surface area contributed by atoms with Gasteiger partial charge < -0.3 is 5.32 Å². The van der Waals surface area contributed by atoms with E-state index in [4.69, 9.17) is 0 Å². The lowest BCUT2D eigenvalue weighted by Gasteiger charge is -2.09. The molecule has 3 heterocycles. The van der Waals surface area contributed by atoms with Gasteiger partial charge in [-0.3, -0.25) is 18.7 Å². The summed E-state index contributed by atoms with van der Waals surface area (Å²) in [6.45, 7) is 5.14. The van der Waals surface area contributed by atoms with Gasteiger partial charge in [0.2, 0.25) is 5.91 Å². The van der Waals surface area contributed by atoms with E-state index in [0.29, 0.717) is 22.9 Å². The first-order chi connectivity index (χ1) is 12.0. The Hall–Kier alpha value is -3.36. The summed E-state index contributed by atoms with van der Waals surface area (Å²) >= 11 is 0. The second-order valence-corrected chi connectivity index (χ2v) is 5.54. The number of nitrogens with one attached hydrogen (secondary N) is 1. The number of nitrogens with zero attached hydrogens (tertiary/aromatic N) is 6. The molecule has 0 bridgehead atoms. The quantitative estimate of drug-likeness (QED) is 0.753. The Kier molecular flexibility index (Phi) is 4.38. The van der Waals surface area contributed by atoms with E-state index in [0.717, 1.165) is 5.82 Å². The number of rotatable bonds is 4. The lowest BCUT2D eigenvalue weighted by Crippen LogP contribution is -2.30. The Morgan fingerprint density at radius 2 is 1.96 bits per heavy atom. The highest BCUT2D eigenvalue weighted by Crippen LogP contribution is 2.10. The fraction of sp³-hybridized carbons (Fsp3) is 0.250. The molecule has 3 aromatic rings. The summed E-state index contributed by atoms with van der Waals surface area (Å²) in [5.41, 5.74) is 0.938. The molecule has 1 N–H and O–H groups in total. The van der Waals surface area contributed by atoms with Crippen LogP contribution >= 0.6 is 0 Å². The standard InChI is InChI=1S/C16H17N7O2/c1-10-11(2)20-9-22(16(10)25)7-15(24)21-13-6-14(19-8-18-13)23-5-4-17-12(23)3/h4-6,8-9H,7H2,1-3H3,(H,18,19,21,24). The van der Waals surface area contributed by atoms with Gasteiger partial charge in [-0.25, -0.2) is 19.9 Å². The van der Waals surface area contributed by atoms with E-state index in [1.165, 1.54) is 17.2 Å². The number of amides is 1. The summed E-state index contributed by atoms with van der Waals surface area (Å²) in [4.78, 5) is 40.8. The molecule has 1 amide bonds. The van der Waals surface area contributed by atoms with Crippen molar-refractivity contribution < 1.29 is 4.79 Å². The highest BCUT2D eigenvalue weighted by molar-refractivity contribution is 5.89. The summed E-state index contributed by atoms with van der Waals surface area (Å²) in [5.74, 6) is 1.32. The van der Waals surface area contributed by atoms with Gasteiger partial charge in [-0.05, 0) is 20.8 Å². The number of anilines is 1. The second-order valence-electron chi connectivity index (χ2n) is 5.54. The van der Waals surface area contributed by atoms with E-state index in [1.807, 2.05) is 6.92 Å². The lowest BCUT2D eigenvalue weighted by molar-refractivity contribution is -0.116. The minimum Gasteiger partial charge on any atom is -0.309 e. The molecule has 3 aromatic heterocycles. The van der Waals surface area contributed by atoms with Crippen LogP contribution in [0.25, 0.3) is 5.82 Å². The molecule has 0 aromatic carbocycles. The lowest BCUT2D eigenvalue weighted by atomic mass is 10.3. The monoisotopic (exact) mass is 339 g/mol. The van der Waals surface area contributed by atoms with E-state index in [-0.39, 0.29) is 18.0 Å². The van der Waals surface area contributed by atoms with Gasteiger partial charge in [0.25, 0.3) is 5.56 Å². The number of hydrogen-bond donors (Lipinski definition) is 1. The van der Waals surface area contributed by atoms with Crippen LogP contribution in [0.5, 0.6) is 0 Å². The average molecular weight is 339 g/mol. The molecule has 128 valence electrons. The van der Waals surface area contributed by atoms with Crippen LogP contribution in [-0.4, -0.2) is 35.0 Å². The minimum atomic E-state index is -0.376. The van der Waals surface area contributed by atoms with Gasteiger partial charge in [0, 0.05) is 29.7 Å². The van der Waals surface area contributed by atoms with Crippen molar-refractivity contribution in [3.63, 3.8) is 0 Å². The molecule has 9 nitrogen and oxygen atoms in total. The Labute approximate surface area is 143 Å². The van der Waals surface area contributed by atoms with E-state index < -0.39 is 0 Å². The topological polar surface area (TPSA) is 108 Å². The molecule has 0 atom stereocenters. The van der Waals surface area contributed by atoms with Gasteiger partial charge >= 0.3 is 0 Å². The molecule has 9 heteroatoms. The third kappa shape index (κ3) is 3.44. The fourth-order valence-corrected chi connectivity index (χ4v) is 2.29. The summed E-state index contributed by atoms with van der Waals surface area (Å²) in [7, 11) is 0. The van der Waals surface area contributed by atoms with Crippen molar-refractivity contribution in [3.8, 4) is 5.82 Å². The van der Waals surface area contributed by atoms with Gasteiger partial charge in [-0.15, -0.1) is 0 Å². The zero-order chi connectivity index (χ0) is 18.0. The fourth-order valence-electron chi connectivity index (χ4n) is 2.29. The Bertz CT molecular complexity index is 990. The predicted molar refractivity (Wildman–Crippen MR) is 90.5 cm³/mol. The Morgan fingerprint density at radius 1 is 1.16 bits per heavy atom. The third-order valence-electron chi connectivity index (χ3n) is 3.82. The van der Waals surface area contributed by atoms with Crippen LogP contribution in [0.15, 0.2) is 35.9 Å². The predicted octanol–water partition coefficient (Wildman–Crippen LogP) is 0.783. The average Bonchev–Trinajstić information content (AvgIpc) is 3.02. The Balaban J connectivity index is 1.77. The second kappa shape index (κ2) is 6.63. The van der Waals surface area contributed by atoms with E-state index in [9.17, 15) is 9.59 Å². The number of hydrogen-bond acceptors (Lipinski definition) is 6. The smallest absolute Gasteiger partial charge is 0.256 e. The van der Waals surface area contributed by atoms with Crippen molar-refractivity contribution in [1.29, 1.82) is 0 Å². The van der Waals surface area contributed by atoms with Crippen LogP contribution in [0, 0.1) is 20.8 Å². The maximum absolute atomic E-state index is 12.2. The molecule has 3 rings (SSSR count). The van der Waals surface area contributed by atoms with Crippen LogP contribution in [-0.2, 0) is 11.3 Å². The summed E-state index contributed by atoms with van der Waals surface area (Å²) in [6.07, 6.45) is 6.15. The van der Waals surface area contributed by atoms with Crippen molar-refractivity contribution in [1.82, 2.24) is 29.1 Å². The van der Waals surface area contributed by atoms with Crippen molar-refractivity contribution in [2.75, 3.05) is 5.32 Å². The normalized spacial score (nSPS) is 10.7. The molecule has 0 aliphatic carbocycles. The molecule has 0 aliphatic heterocycles. The Morgan fingerprint density at radius 3 is 2.68 bits per heavy atom. The van der Waals surface area contributed by atoms with Gasteiger partial charge in [0.15, 0.2) is 0 Å². The van der Waals surface area contributed by atoms with Crippen LogP contribution in [0.4, 0.5) is 5.82 Å². The van der Waals surface area contributed by atoms with Gasteiger partial charge in [0.05, 0.1) is 6.33 Å². The number of carbonyl (C=O) groups is 1. The van der Waals surface area contributed by atoms with Crippen LogP contribution < -0.4 is 10.9 Å². The van der Waals surface area contributed by atoms with Crippen molar-refractivity contribution >= 4 is 11.7 Å². The van der Waals surface area contributed by atoms with Crippen molar-refractivity contribution in [3.05, 3.63) is 58.6 Å². The molecule has 0 aliphatic rings. The van der Waals surface area contributed by atoms with E-state index >= 15 is 0 Å². The van der Waals surface area contributed by atoms with Crippen LogP contribution in [0.3, 0.4) is 0 Å². The van der Waals surface area contributed by atoms with Crippen molar-refractivity contribution in [2.45, 2.75) is 27.3 Å². The van der Waals surface area contributed by atoms with Crippen LogP contribution in [0.2, 0.25) is 0 Å². The first kappa shape index (κ1) is 16.5. The molecule has 0 saturated carbocycles. The highest BCUT2D eigenvalue weighted by Gasteiger charge is 2.10. The van der Waals surface area contributed by atoms with E-state index in [1.54, 1.807) is 36.9 Å². The van der Waals surface area contributed by atoms with E-state index in [2.05, 4.69) is 25.3 Å². The van der Waals surface area contributed by atoms with Crippen LogP contribution in [0.1, 0.15) is 17.1 Å². The van der Waals surface area contributed by atoms with Gasteiger partial charge in [0.1, 0.15) is 30.3 Å². The number of carbonyl (C=O) groups excluding carboxylic acids is 1. The summed E-state index contributed by atoms with van der Waals surface area (Å²) in [6, 6.07) is 1.63. The first-order valence-electron chi connectivity index (χ1n) is 7.60. The molecule has 0 radical (unpaired) electrons. The molecule has 0 unspecified atom stereocenters. The number of imidazole rings is 1. The maximum Gasteiger partial charge on any atom is 0.256 e. The molecular formula is C16H17N7O2. The third-order valence-corrected chi connectivity index (χ3v) is 3.82.